The lowest BCUT2D eigenvalue weighted by Gasteiger charge is -2.19. The molecule has 0 spiro atoms. The molecule has 0 saturated carbocycles. The Kier molecular flexibility index (Phi) is 10.1. The molecule has 2 aliphatic rings. The van der Waals surface area contributed by atoms with Gasteiger partial charge in [0.25, 0.3) is 0 Å². The predicted molar refractivity (Wildman–Crippen MR) is 161 cm³/mol. The zero-order valence-electron chi connectivity index (χ0n) is 20.6. The van der Waals surface area contributed by atoms with Gasteiger partial charge in [-0.25, -0.2) is 4.79 Å². The molecule has 5 nitrogen and oxygen atoms in total. The van der Waals surface area contributed by atoms with Gasteiger partial charge in [0.05, 0.1) is 21.1 Å². The minimum Gasteiger partial charge on any atom is -0.505 e. The Balaban J connectivity index is 1.68. The molecule has 0 fully saturated rings. The summed E-state index contributed by atoms with van der Waals surface area (Å²) in [6, 6.07) is 10.2. The molecule has 2 aromatic rings. The van der Waals surface area contributed by atoms with Crippen LogP contribution in [0, 0.1) is 0 Å². The minimum absolute atomic E-state index is 0.0893. The zero-order valence-corrected chi connectivity index (χ0v) is 27.0. The Morgan fingerprint density at radius 1 is 0.900 bits per heavy atom. The first-order valence-electron chi connectivity index (χ1n) is 12.2. The van der Waals surface area contributed by atoms with E-state index in [-0.39, 0.29) is 54.5 Å². The summed E-state index contributed by atoms with van der Waals surface area (Å²) in [5.41, 5.74) is 1.85. The van der Waals surface area contributed by atoms with Gasteiger partial charge in [-0.3, -0.25) is 4.79 Å². The lowest BCUT2D eigenvalue weighted by Crippen LogP contribution is -2.10. The molecular weight excluding hydrogens is 793 g/mol. The molecule has 0 aromatic heterocycles. The fourth-order valence-electron chi connectivity index (χ4n) is 4.36. The maximum atomic E-state index is 13.2. The number of alkyl halides is 3. The van der Waals surface area contributed by atoms with E-state index in [0.29, 0.717) is 52.2 Å². The highest BCUT2D eigenvalue weighted by Crippen LogP contribution is 2.49. The summed E-state index contributed by atoms with van der Waals surface area (Å²) < 4.78 is 49.6. The van der Waals surface area contributed by atoms with Crippen LogP contribution in [0.4, 0.5) is 13.2 Å². The first-order chi connectivity index (χ1) is 18.9. The van der Waals surface area contributed by atoms with Crippen molar-refractivity contribution in [3.05, 3.63) is 70.1 Å². The lowest BCUT2D eigenvalue weighted by atomic mass is 9.91. The molecule has 0 bridgehead atoms. The highest BCUT2D eigenvalue weighted by Gasteiger charge is 2.28. The second-order valence-electron chi connectivity index (χ2n) is 9.07. The van der Waals surface area contributed by atoms with Crippen molar-refractivity contribution in [1.29, 1.82) is 0 Å². The molecule has 4 rings (SSSR count). The van der Waals surface area contributed by atoms with Crippen LogP contribution in [0.2, 0.25) is 0 Å². The summed E-state index contributed by atoms with van der Waals surface area (Å²) in [4.78, 5) is 25.9. The molecule has 1 N–H and O–H groups in total. The molecule has 1 aliphatic heterocycles. The number of phenols is 1. The van der Waals surface area contributed by atoms with Gasteiger partial charge in [-0.2, -0.15) is 13.2 Å². The Morgan fingerprint density at radius 2 is 1.57 bits per heavy atom. The van der Waals surface area contributed by atoms with Gasteiger partial charge in [-0.15, -0.1) is 0 Å². The van der Waals surface area contributed by atoms with Crippen LogP contribution in [0.3, 0.4) is 0 Å². The van der Waals surface area contributed by atoms with E-state index < -0.39 is 18.6 Å². The number of carbonyl (C=O) groups excluding carboxylic acids is 1. The molecule has 0 amide bonds. The van der Waals surface area contributed by atoms with E-state index in [1.54, 1.807) is 36.4 Å². The van der Waals surface area contributed by atoms with Gasteiger partial charge < -0.3 is 14.3 Å². The number of benzene rings is 3. The third kappa shape index (κ3) is 6.77. The molecule has 0 unspecified atom stereocenters. The highest BCUT2D eigenvalue weighted by atomic mass is 79.9. The second kappa shape index (κ2) is 13.0. The SMILES string of the molecule is O=C(OCCCCCCCC(F)(F)F)c1ccccc1-c1c2cc(Br)c(=O)c(Br)c-2oc2c(Br)c(O)c(Br)cc12. The number of esters is 1. The van der Waals surface area contributed by atoms with E-state index >= 15 is 0 Å². The molecule has 0 atom stereocenters. The van der Waals surface area contributed by atoms with Gasteiger partial charge in [-0.05, 0) is 100 Å². The van der Waals surface area contributed by atoms with Crippen LogP contribution in [0.5, 0.6) is 5.75 Å². The molecule has 2 aromatic carbocycles. The van der Waals surface area contributed by atoms with E-state index in [4.69, 9.17) is 9.15 Å². The van der Waals surface area contributed by atoms with E-state index in [2.05, 4.69) is 63.7 Å². The van der Waals surface area contributed by atoms with Gasteiger partial charge in [0.1, 0.15) is 14.7 Å². The van der Waals surface area contributed by atoms with Crippen LogP contribution < -0.4 is 5.43 Å². The van der Waals surface area contributed by atoms with Gasteiger partial charge in [0.15, 0.2) is 11.3 Å². The van der Waals surface area contributed by atoms with Crippen LogP contribution in [0.1, 0.15) is 48.9 Å². The predicted octanol–water partition coefficient (Wildman–Crippen LogP) is 10.4. The summed E-state index contributed by atoms with van der Waals surface area (Å²) in [6.07, 6.45) is -2.57. The lowest BCUT2D eigenvalue weighted by molar-refractivity contribution is -0.135. The monoisotopic (exact) mass is 810 g/mol. The van der Waals surface area contributed by atoms with Crippen molar-refractivity contribution in [2.45, 2.75) is 44.7 Å². The molecule has 12 heteroatoms. The van der Waals surface area contributed by atoms with Crippen LogP contribution >= 0.6 is 63.7 Å². The standard InChI is InChI=1S/C28H21Br4F3O5/c29-18-12-16-20(17-13-19(30)24(37)22(32)26(17)40-25(16)21(31)23(18)36)14-8-4-5-9-15(14)27(38)39-11-7-3-1-2-6-10-28(33,34)35/h4-5,8-9,12-13,36H,1-3,6-7,10-11H2. The number of fused-ring (bicyclic) bond motifs is 2. The zero-order chi connectivity index (χ0) is 29.2. The second-order valence-corrected chi connectivity index (χ2v) is 12.4. The van der Waals surface area contributed by atoms with E-state index in [1.807, 2.05) is 0 Å². The number of hydrogen-bond acceptors (Lipinski definition) is 5. The van der Waals surface area contributed by atoms with Crippen molar-refractivity contribution in [2.24, 2.45) is 0 Å². The van der Waals surface area contributed by atoms with Gasteiger partial charge in [0.2, 0.25) is 5.43 Å². The van der Waals surface area contributed by atoms with Gasteiger partial charge in [-0.1, -0.05) is 37.5 Å². The Morgan fingerprint density at radius 3 is 2.30 bits per heavy atom. The molecule has 212 valence electrons. The van der Waals surface area contributed by atoms with Crippen LogP contribution in [-0.2, 0) is 4.74 Å². The largest absolute Gasteiger partial charge is 0.505 e. The number of unbranched alkanes of at least 4 members (excludes halogenated alkanes) is 4. The summed E-state index contributed by atoms with van der Waals surface area (Å²) in [7, 11) is 0. The normalized spacial score (nSPS) is 11.9. The van der Waals surface area contributed by atoms with E-state index in [1.165, 1.54) is 0 Å². The van der Waals surface area contributed by atoms with Crippen molar-refractivity contribution in [3.8, 4) is 28.2 Å². The van der Waals surface area contributed by atoms with Crippen LogP contribution in [-0.4, -0.2) is 23.9 Å². The Labute approximate surface area is 260 Å². The smallest absolute Gasteiger partial charge is 0.389 e. The first-order valence-corrected chi connectivity index (χ1v) is 15.4. The Bertz CT molecular complexity index is 1600. The van der Waals surface area contributed by atoms with Crippen molar-refractivity contribution in [2.75, 3.05) is 6.61 Å². The number of aromatic hydroxyl groups is 1. The number of halogens is 7. The van der Waals surface area contributed by atoms with Crippen molar-refractivity contribution in [3.63, 3.8) is 0 Å². The Hall–Kier alpha value is -1.89. The molecule has 1 heterocycles. The molecule has 40 heavy (non-hydrogen) atoms. The summed E-state index contributed by atoms with van der Waals surface area (Å²) in [5, 5.41) is 11.1. The third-order valence-corrected chi connectivity index (χ3v) is 8.93. The highest BCUT2D eigenvalue weighted by molar-refractivity contribution is 9.11. The number of carbonyl (C=O) groups is 1. The maximum Gasteiger partial charge on any atom is 0.389 e. The van der Waals surface area contributed by atoms with Crippen molar-refractivity contribution >= 4 is 80.7 Å². The number of ether oxygens (including phenoxy) is 1. The van der Waals surface area contributed by atoms with Crippen molar-refractivity contribution in [1.82, 2.24) is 0 Å². The maximum absolute atomic E-state index is 13.2. The summed E-state index contributed by atoms with van der Waals surface area (Å²) in [6.45, 7) is 0.125. The summed E-state index contributed by atoms with van der Waals surface area (Å²) >= 11 is 13.4. The van der Waals surface area contributed by atoms with E-state index in [9.17, 15) is 27.9 Å². The number of phenolic OH excluding ortho intramolecular Hbond substituents is 1. The third-order valence-electron chi connectivity index (χ3n) is 6.28. The average Bonchev–Trinajstić information content (AvgIpc) is 2.90. The molecule has 0 saturated heterocycles. The molecule has 0 radical (unpaired) electrons. The molecular formula is C28H21Br4F3O5. The molecule has 1 aliphatic carbocycles. The first kappa shape index (κ1) is 31.1. The topological polar surface area (TPSA) is 76.7 Å². The number of hydrogen-bond donors (Lipinski definition) is 1. The quantitative estimate of drug-likeness (QED) is 0.103. The number of rotatable bonds is 9. The minimum atomic E-state index is -4.14. The summed E-state index contributed by atoms with van der Waals surface area (Å²) in [5.74, 6) is -0.430. The fourth-order valence-corrected chi connectivity index (χ4v) is 6.77. The average molecular weight is 814 g/mol. The van der Waals surface area contributed by atoms with Crippen molar-refractivity contribution < 1.29 is 32.2 Å². The van der Waals surface area contributed by atoms with Gasteiger partial charge >= 0.3 is 12.1 Å². The van der Waals surface area contributed by atoms with Crippen LogP contribution in [0.25, 0.3) is 33.4 Å². The van der Waals surface area contributed by atoms with Crippen LogP contribution in [0.15, 0.2) is 63.5 Å². The fraction of sp³-hybridized carbons (Fsp3) is 0.286. The van der Waals surface area contributed by atoms with Gasteiger partial charge in [0, 0.05) is 22.9 Å². The van der Waals surface area contributed by atoms with E-state index in [0.717, 1.165) is 0 Å².